The first-order valence-corrected chi connectivity index (χ1v) is 10.2. The summed E-state index contributed by atoms with van der Waals surface area (Å²) in [6.45, 7) is 10.8. The maximum atomic E-state index is 12.2. The first-order chi connectivity index (χ1) is 13.2. The topological polar surface area (TPSA) is 84.7 Å². The Labute approximate surface area is 167 Å². The lowest BCUT2D eigenvalue weighted by Crippen LogP contribution is -2.35. The van der Waals surface area contributed by atoms with Crippen LogP contribution in [0.25, 0.3) is 0 Å². The maximum absolute atomic E-state index is 12.2. The quantitative estimate of drug-likeness (QED) is 0.789. The van der Waals surface area contributed by atoms with E-state index in [-0.39, 0.29) is 23.8 Å². The van der Waals surface area contributed by atoms with Gasteiger partial charge in [0.05, 0.1) is 17.6 Å². The SMILES string of the molecule is CC(C)c1nc(Nc2cnn(CC(=O)NC3CCCC3)c2)cc(C(C)(C)C)n1. The molecule has 1 amide bonds. The number of carbonyl (C=O) groups is 1. The van der Waals surface area contributed by atoms with Gasteiger partial charge in [0.15, 0.2) is 0 Å². The molecule has 2 N–H and O–H groups in total. The van der Waals surface area contributed by atoms with E-state index in [1.807, 2.05) is 12.3 Å². The molecule has 0 bridgehead atoms. The zero-order valence-corrected chi connectivity index (χ0v) is 17.6. The Bertz CT molecular complexity index is 815. The van der Waals surface area contributed by atoms with Crippen LogP contribution >= 0.6 is 0 Å². The van der Waals surface area contributed by atoms with Crippen molar-refractivity contribution in [1.82, 2.24) is 25.1 Å². The molecule has 28 heavy (non-hydrogen) atoms. The van der Waals surface area contributed by atoms with E-state index in [2.05, 4.69) is 55.3 Å². The second kappa shape index (κ2) is 8.29. The van der Waals surface area contributed by atoms with Gasteiger partial charge in [0.2, 0.25) is 5.91 Å². The van der Waals surface area contributed by atoms with Crippen LogP contribution in [0.5, 0.6) is 0 Å². The number of nitrogens with one attached hydrogen (secondary N) is 2. The van der Waals surface area contributed by atoms with Crippen LogP contribution in [0, 0.1) is 0 Å². The number of aromatic nitrogens is 4. The molecule has 3 rings (SSSR count). The third-order valence-corrected chi connectivity index (χ3v) is 4.96. The summed E-state index contributed by atoms with van der Waals surface area (Å²) in [6, 6.07) is 2.31. The summed E-state index contributed by atoms with van der Waals surface area (Å²) in [6.07, 6.45) is 8.13. The van der Waals surface area contributed by atoms with Gasteiger partial charge in [-0.05, 0) is 12.8 Å². The smallest absolute Gasteiger partial charge is 0.241 e. The summed E-state index contributed by atoms with van der Waals surface area (Å²) in [5, 5.41) is 10.7. The van der Waals surface area contributed by atoms with Gasteiger partial charge in [-0.2, -0.15) is 5.10 Å². The summed E-state index contributed by atoms with van der Waals surface area (Å²) < 4.78 is 1.65. The van der Waals surface area contributed by atoms with Gasteiger partial charge in [0, 0.05) is 29.6 Å². The highest BCUT2D eigenvalue weighted by atomic mass is 16.2. The molecule has 1 aliphatic rings. The average Bonchev–Trinajstić information content (AvgIpc) is 3.26. The molecule has 152 valence electrons. The minimum atomic E-state index is -0.0640. The fraction of sp³-hybridized carbons (Fsp3) is 0.619. The van der Waals surface area contributed by atoms with E-state index >= 15 is 0 Å². The lowest BCUT2D eigenvalue weighted by atomic mass is 9.91. The molecule has 0 radical (unpaired) electrons. The summed E-state index contributed by atoms with van der Waals surface area (Å²) >= 11 is 0. The number of carbonyl (C=O) groups excluding carboxylic acids is 1. The number of amides is 1. The monoisotopic (exact) mass is 384 g/mol. The van der Waals surface area contributed by atoms with Gasteiger partial charge in [0.25, 0.3) is 0 Å². The van der Waals surface area contributed by atoms with Crippen LogP contribution < -0.4 is 10.6 Å². The number of hydrogen-bond acceptors (Lipinski definition) is 5. The third kappa shape index (κ3) is 5.30. The molecule has 7 heteroatoms. The number of rotatable bonds is 6. The molecule has 2 heterocycles. The minimum Gasteiger partial charge on any atom is -0.352 e. The van der Waals surface area contributed by atoms with Crippen LogP contribution in [0.4, 0.5) is 11.5 Å². The van der Waals surface area contributed by atoms with E-state index in [1.165, 1.54) is 12.8 Å². The molecular formula is C21H32N6O. The van der Waals surface area contributed by atoms with Crippen LogP contribution in [0.1, 0.15) is 77.7 Å². The number of anilines is 2. The fourth-order valence-corrected chi connectivity index (χ4v) is 3.33. The van der Waals surface area contributed by atoms with Gasteiger partial charge < -0.3 is 10.6 Å². The van der Waals surface area contributed by atoms with E-state index < -0.39 is 0 Å². The Morgan fingerprint density at radius 2 is 1.96 bits per heavy atom. The van der Waals surface area contributed by atoms with E-state index in [1.54, 1.807) is 10.9 Å². The first kappa shape index (κ1) is 20.3. The van der Waals surface area contributed by atoms with Gasteiger partial charge in [-0.25, -0.2) is 9.97 Å². The van der Waals surface area contributed by atoms with Gasteiger partial charge in [0.1, 0.15) is 18.2 Å². The Morgan fingerprint density at radius 1 is 1.25 bits per heavy atom. The molecule has 2 aromatic rings. The van der Waals surface area contributed by atoms with Crippen molar-refractivity contribution in [2.75, 3.05) is 5.32 Å². The second-order valence-electron chi connectivity index (χ2n) is 9.00. The van der Waals surface area contributed by atoms with Gasteiger partial charge in [-0.1, -0.05) is 47.5 Å². The Morgan fingerprint density at radius 3 is 2.61 bits per heavy atom. The lowest BCUT2D eigenvalue weighted by molar-refractivity contribution is -0.122. The highest BCUT2D eigenvalue weighted by Gasteiger charge is 2.20. The summed E-state index contributed by atoms with van der Waals surface area (Å²) in [7, 11) is 0. The van der Waals surface area contributed by atoms with Gasteiger partial charge >= 0.3 is 0 Å². The van der Waals surface area contributed by atoms with Crippen LogP contribution in [-0.2, 0) is 16.8 Å². The van der Waals surface area contributed by atoms with Crippen molar-refractivity contribution >= 4 is 17.4 Å². The van der Waals surface area contributed by atoms with Crippen molar-refractivity contribution in [3.05, 3.63) is 30.0 Å². The average molecular weight is 385 g/mol. The van der Waals surface area contributed by atoms with Crippen LogP contribution in [0.2, 0.25) is 0 Å². The highest BCUT2D eigenvalue weighted by Crippen LogP contribution is 2.25. The molecule has 0 aliphatic heterocycles. The molecule has 1 saturated carbocycles. The predicted octanol–water partition coefficient (Wildman–Crippen LogP) is 3.90. The summed E-state index contributed by atoms with van der Waals surface area (Å²) in [4.78, 5) is 21.6. The molecule has 0 spiro atoms. The van der Waals surface area contributed by atoms with E-state index in [0.717, 1.165) is 35.9 Å². The summed E-state index contributed by atoms with van der Waals surface area (Å²) in [5.74, 6) is 1.82. The van der Waals surface area contributed by atoms with E-state index in [9.17, 15) is 4.79 Å². The maximum Gasteiger partial charge on any atom is 0.241 e. The predicted molar refractivity (Wildman–Crippen MR) is 111 cm³/mol. The van der Waals surface area contributed by atoms with Gasteiger partial charge in [-0.3, -0.25) is 9.48 Å². The van der Waals surface area contributed by atoms with Crippen LogP contribution in [0.3, 0.4) is 0 Å². The molecule has 0 saturated heterocycles. The largest absolute Gasteiger partial charge is 0.352 e. The molecule has 2 aromatic heterocycles. The second-order valence-corrected chi connectivity index (χ2v) is 9.00. The Hall–Kier alpha value is -2.44. The normalized spacial score (nSPS) is 15.2. The van der Waals surface area contributed by atoms with Crippen molar-refractivity contribution in [2.24, 2.45) is 0 Å². The Balaban J connectivity index is 1.68. The van der Waals surface area contributed by atoms with Crippen molar-refractivity contribution in [2.45, 2.75) is 84.2 Å². The van der Waals surface area contributed by atoms with Crippen LogP contribution in [0.15, 0.2) is 18.5 Å². The molecular weight excluding hydrogens is 352 g/mol. The lowest BCUT2D eigenvalue weighted by Gasteiger charge is -2.20. The molecule has 0 aromatic carbocycles. The summed E-state index contributed by atoms with van der Waals surface area (Å²) in [5.41, 5.74) is 1.74. The van der Waals surface area contributed by atoms with Crippen molar-refractivity contribution in [1.29, 1.82) is 0 Å². The highest BCUT2D eigenvalue weighted by molar-refractivity contribution is 5.76. The third-order valence-electron chi connectivity index (χ3n) is 4.96. The molecule has 1 fully saturated rings. The fourth-order valence-electron chi connectivity index (χ4n) is 3.33. The van der Waals surface area contributed by atoms with Crippen LogP contribution in [-0.4, -0.2) is 31.7 Å². The molecule has 1 aliphatic carbocycles. The van der Waals surface area contributed by atoms with Gasteiger partial charge in [-0.15, -0.1) is 0 Å². The van der Waals surface area contributed by atoms with E-state index in [0.29, 0.717) is 6.04 Å². The van der Waals surface area contributed by atoms with E-state index in [4.69, 9.17) is 4.98 Å². The Kier molecular flexibility index (Phi) is 6.01. The standard InChI is InChI=1S/C21H32N6O/c1-14(2)20-25-17(21(3,4)5)10-18(26-20)23-16-11-22-27(12-16)13-19(28)24-15-8-6-7-9-15/h10-12,14-15H,6-9,13H2,1-5H3,(H,24,28)(H,23,25,26). The zero-order chi connectivity index (χ0) is 20.3. The minimum absolute atomic E-state index is 0.0145. The zero-order valence-electron chi connectivity index (χ0n) is 17.6. The molecule has 0 unspecified atom stereocenters. The van der Waals surface area contributed by atoms with Crippen molar-refractivity contribution in [3.63, 3.8) is 0 Å². The number of nitrogens with zero attached hydrogens (tertiary/aromatic N) is 4. The molecule has 7 nitrogen and oxygen atoms in total. The van der Waals surface area contributed by atoms with Crippen molar-refractivity contribution < 1.29 is 4.79 Å². The van der Waals surface area contributed by atoms with Crippen molar-refractivity contribution in [3.8, 4) is 0 Å². The molecule has 0 atom stereocenters. The number of hydrogen-bond donors (Lipinski definition) is 2. The first-order valence-electron chi connectivity index (χ1n) is 10.2.